The van der Waals surface area contributed by atoms with Crippen LogP contribution < -0.4 is 10.5 Å². The van der Waals surface area contributed by atoms with Crippen LogP contribution in [0.2, 0.25) is 0 Å². The summed E-state index contributed by atoms with van der Waals surface area (Å²) >= 11 is 0. The number of aromatic nitrogens is 2. The Morgan fingerprint density at radius 2 is 2.08 bits per heavy atom. The molecule has 4 nitrogen and oxygen atoms in total. The van der Waals surface area contributed by atoms with E-state index in [0.717, 1.165) is 11.4 Å². The van der Waals surface area contributed by atoms with Gasteiger partial charge in [0, 0.05) is 12.1 Å². The van der Waals surface area contributed by atoms with E-state index in [0.29, 0.717) is 6.04 Å². The Kier molecular flexibility index (Phi) is 2.93. The van der Waals surface area contributed by atoms with E-state index in [1.54, 1.807) is 7.11 Å². The second-order valence-corrected chi connectivity index (χ2v) is 3.45. The number of nitrogens with two attached hydrogens (primary N) is 1. The smallest absolute Gasteiger partial charge is 0.161 e. The minimum atomic E-state index is -0.0880. The fourth-order valence-electron chi connectivity index (χ4n) is 1.13. The van der Waals surface area contributed by atoms with Crippen molar-refractivity contribution < 1.29 is 4.74 Å². The third-order valence-electron chi connectivity index (χ3n) is 1.91. The zero-order valence-corrected chi connectivity index (χ0v) is 8.61. The molecule has 1 aromatic heterocycles. The molecule has 1 unspecified atom stereocenters. The summed E-state index contributed by atoms with van der Waals surface area (Å²) in [6.07, 6.45) is 1.88. The first-order chi connectivity index (χ1) is 6.06. The quantitative estimate of drug-likeness (QED) is 0.772. The number of ether oxygens (including phenoxy) is 1. The van der Waals surface area contributed by atoms with Gasteiger partial charge in [-0.2, -0.15) is 5.10 Å². The van der Waals surface area contributed by atoms with Crippen molar-refractivity contribution >= 4 is 0 Å². The first kappa shape index (κ1) is 10.1. The molecule has 4 heteroatoms. The van der Waals surface area contributed by atoms with Crippen LogP contribution in [-0.2, 0) is 0 Å². The number of methoxy groups -OCH3 is 1. The molecule has 0 radical (unpaired) electrons. The van der Waals surface area contributed by atoms with Crippen LogP contribution in [-0.4, -0.2) is 16.9 Å². The maximum Gasteiger partial charge on any atom is 0.161 e. The average Bonchev–Trinajstić information content (AvgIpc) is 2.47. The third kappa shape index (κ3) is 2.01. The van der Waals surface area contributed by atoms with Crippen LogP contribution in [0.15, 0.2) is 6.20 Å². The summed E-state index contributed by atoms with van der Waals surface area (Å²) in [7, 11) is 1.63. The van der Waals surface area contributed by atoms with Gasteiger partial charge in [-0.25, -0.2) is 0 Å². The molecule has 0 aliphatic carbocycles. The van der Waals surface area contributed by atoms with E-state index in [2.05, 4.69) is 18.9 Å². The van der Waals surface area contributed by atoms with Crippen LogP contribution in [0.5, 0.6) is 5.75 Å². The molecular weight excluding hydrogens is 166 g/mol. The first-order valence-corrected chi connectivity index (χ1v) is 4.45. The zero-order chi connectivity index (χ0) is 10.0. The molecule has 0 saturated heterocycles. The van der Waals surface area contributed by atoms with Crippen LogP contribution in [0.1, 0.15) is 38.5 Å². The minimum Gasteiger partial charge on any atom is -0.493 e. The largest absolute Gasteiger partial charge is 0.493 e. The highest BCUT2D eigenvalue weighted by Gasteiger charge is 2.13. The predicted octanol–water partition coefficient (Wildman–Crippen LogP) is 1.49. The molecular formula is C9H17N3O. The number of rotatable bonds is 3. The van der Waals surface area contributed by atoms with E-state index in [-0.39, 0.29) is 6.04 Å². The van der Waals surface area contributed by atoms with E-state index < -0.39 is 0 Å². The van der Waals surface area contributed by atoms with Gasteiger partial charge in [0.25, 0.3) is 0 Å². The predicted molar refractivity (Wildman–Crippen MR) is 51.8 cm³/mol. The standard InChI is InChI=1S/C9H17N3O/c1-6(2)12-5-8(13-4)9(11-12)7(3)10/h5-7H,10H2,1-4H3. The molecule has 0 saturated carbocycles. The topological polar surface area (TPSA) is 53.1 Å². The Bertz CT molecular complexity index is 278. The first-order valence-electron chi connectivity index (χ1n) is 4.45. The van der Waals surface area contributed by atoms with Crippen molar-refractivity contribution in [2.24, 2.45) is 5.73 Å². The van der Waals surface area contributed by atoms with Crippen molar-refractivity contribution in [3.63, 3.8) is 0 Å². The molecule has 2 N–H and O–H groups in total. The lowest BCUT2D eigenvalue weighted by molar-refractivity contribution is 0.406. The molecule has 74 valence electrons. The summed E-state index contributed by atoms with van der Waals surface area (Å²) in [6, 6.07) is 0.247. The van der Waals surface area contributed by atoms with Gasteiger partial charge < -0.3 is 10.5 Å². The molecule has 1 aromatic rings. The van der Waals surface area contributed by atoms with Gasteiger partial charge in [0.15, 0.2) is 5.75 Å². The fourth-order valence-corrected chi connectivity index (χ4v) is 1.13. The number of hydrogen-bond donors (Lipinski definition) is 1. The minimum absolute atomic E-state index is 0.0880. The number of nitrogens with zero attached hydrogens (tertiary/aromatic N) is 2. The molecule has 0 aromatic carbocycles. The van der Waals surface area contributed by atoms with Gasteiger partial charge in [-0.15, -0.1) is 0 Å². The molecule has 1 rings (SSSR count). The average molecular weight is 183 g/mol. The molecule has 0 bridgehead atoms. The van der Waals surface area contributed by atoms with Gasteiger partial charge in [0.05, 0.1) is 13.3 Å². The van der Waals surface area contributed by atoms with E-state index >= 15 is 0 Å². The second kappa shape index (κ2) is 3.79. The van der Waals surface area contributed by atoms with Crippen LogP contribution in [0.4, 0.5) is 0 Å². The van der Waals surface area contributed by atoms with Gasteiger partial charge in [0.2, 0.25) is 0 Å². The lowest BCUT2D eigenvalue weighted by Crippen LogP contribution is -2.09. The summed E-state index contributed by atoms with van der Waals surface area (Å²) in [5.74, 6) is 0.767. The monoisotopic (exact) mass is 183 g/mol. The maximum atomic E-state index is 5.75. The number of hydrogen-bond acceptors (Lipinski definition) is 3. The van der Waals surface area contributed by atoms with Gasteiger partial charge in [0.1, 0.15) is 5.69 Å². The Morgan fingerprint density at radius 1 is 1.46 bits per heavy atom. The van der Waals surface area contributed by atoms with Crippen molar-refractivity contribution in [3.8, 4) is 5.75 Å². The van der Waals surface area contributed by atoms with Crippen molar-refractivity contribution in [1.29, 1.82) is 0 Å². The van der Waals surface area contributed by atoms with Crippen molar-refractivity contribution in [3.05, 3.63) is 11.9 Å². The third-order valence-corrected chi connectivity index (χ3v) is 1.91. The lowest BCUT2D eigenvalue weighted by Gasteiger charge is -2.04. The fraction of sp³-hybridized carbons (Fsp3) is 0.667. The Hall–Kier alpha value is -1.03. The molecule has 0 spiro atoms. The zero-order valence-electron chi connectivity index (χ0n) is 8.61. The Morgan fingerprint density at radius 3 is 2.38 bits per heavy atom. The summed E-state index contributed by atoms with van der Waals surface area (Å²) in [4.78, 5) is 0. The Labute approximate surface area is 78.7 Å². The van der Waals surface area contributed by atoms with E-state index in [4.69, 9.17) is 10.5 Å². The summed E-state index contributed by atoms with van der Waals surface area (Å²) in [5.41, 5.74) is 6.56. The van der Waals surface area contributed by atoms with Gasteiger partial charge >= 0.3 is 0 Å². The highest BCUT2D eigenvalue weighted by Crippen LogP contribution is 2.23. The van der Waals surface area contributed by atoms with Crippen molar-refractivity contribution in [2.75, 3.05) is 7.11 Å². The van der Waals surface area contributed by atoms with Crippen LogP contribution >= 0.6 is 0 Å². The molecule has 0 aliphatic heterocycles. The summed E-state index contributed by atoms with van der Waals surface area (Å²) < 4.78 is 7.03. The Balaban J connectivity index is 3.04. The SMILES string of the molecule is COc1cn(C(C)C)nc1C(C)N. The van der Waals surface area contributed by atoms with E-state index in [1.165, 1.54) is 0 Å². The van der Waals surface area contributed by atoms with Gasteiger partial charge in [-0.1, -0.05) is 0 Å². The molecule has 0 aliphatic rings. The van der Waals surface area contributed by atoms with E-state index in [1.807, 2.05) is 17.8 Å². The van der Waals surface area contributed by atoms with Crippen LogP contribution in [0.25, 0.3) is 0 Å². The van der Waals surface area contributed by atoms with Crippen LogP contribution in [0.3, 0.4) is 0 Å². The van der Waals surface area contributed by atoms with Crippen LogP contribution in [0, 0.1) is 0 Å². The normalized spacial score (nSPS) is 13.4. The molecule has 0 fully saturated rings. The molecule has 13 heavy (non-hydrogen) atoms. The molecule has 1 atom stereocenters. The lowest BCUT2D eigenvalue weighted by atomic mass is 10.2. The summed E-state index contributed by atoms with van der Waals surface area (Å²) in [6.45, 7) is 6.03. The molecule has 0 amide bonds. The maximum absolute atomic E-state index is 5.75. The van der Waals surface area contributed by atoms with Crippen molar-refractivity contribution in [2.45, 2.75) is 32.9 Å². The van der Waals surface area contributed by atoms with Gasteiger partial charge in [-0.3, -0.25) is 4.68 Å². The highest BCUT2D eigenvalue weighted by atomic mass is 16.5. The van der Waals surface area contributed by atoms with Crippen molar-refractivity contribution in [1.82, 2.24) is 9.78 Å². The molecule has 1 heterocycles. The van der Waals surface area contributed by atoms with E-state index in [9.17, 15) is 0 Å². The summed E-state index contributed by atoms with van der Waals surface area (Å²) in [5, 5.41) is 4.35. The van der Waals surface area contributed by atoms with Gasteiger partial charge in [-0.05, 0) is 20.8 Å². The highest BCUT2D eigenvalue weighted by molar-refractivity contribution is 5.27. The second-order valence-electron chi connectivity index (χ2n) is 3.45.